The molecule has 6 heteroatoms. The van der Waals surface area contributed by atoms with E-state index in [0.717, 1.165) is 112 Å². The van der Waals surface area contributed by atoms with Crippen molar-refractivity contribution in [2.75, 3.05) is 9.80 Å². The third kappa shape index (κ3) is 8.55. The van der Waals surface area contributed by atoms with Crippen molar-refractivity contribution in [1.29, 1.82) is 0 Å². The highest BCUT2D eigenvalue weighted by Gasteiger charge is 2.45. The average Bonchev–Trinajstić information content (AvgIpc) is 1.01. The van der Waals surface area contributed by atoms with E-state index in [4.69, 9.17) is 0 Å². The molecule has 0 amide bonds. The van der Waals surface area contributed by atoms with Gasteiger partial charge in [0.25, 0.3) is 6.71 Å². The zero-order chi connectivity index (χ0) is 63.0. The van der Waals surface area contributed by atoms with Gasteiger partial charge in [0.05, 0.1) is 22.1 Å². The lowest BCUT2D eigenvalue weighted by molar-refractivity contribution is 1.17. The highest BCUT2D eigenvalue weighted by Crippen LogP contribution is 2.51. The smallest absolute Gasteiger partial charge is 0.252 e. The predicted octanol–water partition coefficient (Wildman–Crippen LogP) is 22.7. The van der Waals surface area contributed by atoms with Crippen LogP contribution in [0.2, 0.25) is 0 Å². The van der Waals surface area contributed by atoms with Crippen LogP contribution in [0.3, 0.4) is 0 Å². The molecule has 0 N–H and O–H groups in total. The molecule has 0 bridgehead atoms. The second kappa shape index (κ2) is 21.7. The summed E-state index contributed by atoms with van der Waals surface area (Å²) in [6.07, 6.45) is 0. The number of para-hydroxylation sites is 4. The second-order valence-electron chi connectivity index (χ2n) is 25.6. The van der Waals surface area contributed by atoms with E-state index in [1.807, 2.05) is 11.3 Å². The van der Waals surface area contributed by atoms with E-state index in [0.29, 0.717) is 0 Å². The summed E-state index contributed by atoms with van der Waals surface area (Å²) in [6.45, 7) is -0.242. The van der Waals surface area contributed by atoms with Gasteiger partial charge < -0.3 is 18.9 Å². The Balaban J connectivity index is 0.976. The van der Waals surface area contributed by atoms with Crippen molar-refractivity contribution in [3.63, 3.8) is 0 Å². The fourth-order valence-corrected chi connectivity index (χ4v) is 17.0. The third-order valence-electron chi connectivity index (χ3n) is 20.2. The molecule has 0 atom stereocenters. The van der Waals surface area contributed by atoms with Gasteiger partial charge in [0.15, 0.2) is 0 Å². The molecule has 4 nitrogen and oxygen atoms in total. The van der Waals surface area contributed by atoms with E-state index in [9.17, 15) is 0 Å². The van der Waals surface area contributed by atoms with Crippen LogP contribution in [0.5, 0.6) is 0 Å². The van der Waals surface area contributed by atoms with Crippen LogP contribution in [-0.4, -0.2) is 15.8 Å². The van der Waals surface area contributed by atoms with Crippen molar-refractivity contribution >= 4 is 132 Å². The first-order chi connectivity index (χ1) is 47.6. The van der Waals surface area contributed by atoms with Crippen molar-refractivity contribution in [2.24, 2.45) is 0 Å². The topological polar surface area (TPSA) is 16.3 Å². The molecule has 0 saturated heterocycles. The summed E-state index contributed by atoms with van der Waals surface area (Å²) in [5.41, 5.74) is 28.8. The minimum atomic E-state index is -0.242. The van der Waals surface area contributed by atoms with Crippen molar-refractivity contribution < 1.29 is 0 Å². The van der Waals surface area contributed by atoms with Crippen LogP contribution in [-0.2, 0) is 0 Å². The summed E-state index contributed by atoms with van der Waals surface area (Å²) in [5, 5.41) is 7.39. The molecule has 2 aliphatic rings. The Kier molecular flexibility index (Phi) is 12.3. The summed E-state index contributed by atoms with van der Waals surface area (Å²) in [5.74, 6) is 0. The minimum Gasteiger partial charge on any atom is -0.311 e. The van der Waals surface area contributed by atoms with Crippen molar-refractivity contribution in [3.8, 4) is 67.0 Å². The van der Waals surface area contributed by atoms with Gasteiger partial charge in [-0.15, -0.1) is 11.3 Å². The van der Waals surface area contributed by atoms with Crippen LogP contribution in [0.15, 0.2) is 346 Å². The molecule has 0 spiro atoms. The Hall–Kier alpha value is -12.2. The first kappa shape index (κ1) is 54.4. The second-order valence-corrected chi connectivity index (χ2v) is 26.7. The van der Waals surface area contributed by atoms with Crippen molar-refractivity contribution in [3.05, 3.63) is 346 Å². The lowest BCUT2D eigenvalue weighted by atomic mass is 9.33. The molecule has 18 aromatic rings. The molecule has 96 heavy (non-hydrogen) atoms. The number of benzene rings is 15. The maximum atomic E-state index is 2.65. The lowest BCUT2D eigenvalue weighted by Crippen LogP contribution is -2.61. The summed E-state index contributed by atoms with van der Waals surface area (Å²) < 4.78 is 7.54. The van der Waals surface area contributed by atoms with Gasteiger partial charge in [0.1, 0.15) is 0 Å². The number of hydrogen-bond donors (Lipinski definition) is 0. The fraction of sp³-hybridized carbons (Fsp3) is 0. The molecule has 5 heterocycles. The van der Waals surface area contributed by atoms with Crippen LogP contribution >= 0.6 is 11.3 Å². The maximum absolute atomic E-state index is 2.65. The standard InChI is InChI=1S/C90H57BN4S/c1-7-25-58(26-8-1)63-45-64(59-27-9-2-10-28-59)48-70(47-63)94-84-56-82-75(72-37-19-22-40-80(72)92(82)68-33-15-5-16-34-68)54-78(84)91-79-55-76-73-38-20-23-41-81(73)93(69-35-17-6-18-36-69)83(76)57-85(79)95(71-49-65(60-29-11-3-12-30-60)46-66(50-71)61-31-13-4-14-32-61)87-53-67(52-86(94)90(87)91)62-43-44-89-77(51-62)74-39-21-24-42-88(74)96-89/h1-57H. The predicted molar refractivity (Wildman–Crippen MR) is 409 cm³/mol. The number of aromatic nitrogens is 2. The Morgan fingerprint density at radius 2 is 0.573 bits per heavy atom. The average molecular weight is 1240 g/mol. The highest BCUT2D eigenvalue weighted by atomic mass is 32.1. The van der Waals surface area contributed by atoms with Gasteiger partial charge in [0.2, 0.25) is 0 Å². The monoisotopic (exact) mass is 1240 g/mol. The number of fused-ring (bicyclic) bond motifs is 13. The number of hydrogen-bond acceptors (Lipinski definition) is 3. The Labute approximate surface area is 560 Å². The SMILES string of the molecule is c1ccc(-c2cc(-c3ccccc3)cc(N3c4cc5c(cc4B4c6cc7c8ccccc8n(-c8ccccc8)c7cc6N(c6cc(-c7ccccc7)cc(-c7ccccc7)c6)c6cc(-c7ccc8sc9ccccc9c8c7)cc3c64)c3ccccc3n5-c3ccccc3)c2)cc1. The molecule has 0 saturated carbocycles. The largest absolute Gasteiger partial charge is 0.311 e. The molecule has 446 valence electrons. The molecule has 2 aliphatic heterocycles. The van der Waals surface area contributed by atoms with Gasteiger partial charge in [-0.25, -0.2) is 0 Å². The van der Waals surface area contributed by atoms with E-state index in [1.54, 1.807) is 0 Å². The zero-order valence-corrected chi connectivity index (χ0v) is 53.0. The quantitative estimate of drug-likeness (QED) is 0.134. The molecule has 0 unspecified atom stereocenters. The van der Waals surface area contributed by atoms with Crippen LogP contribution in [0, 0.1) is 0 Å². The van der Waals surface area contributed by atoms with E-state index < -0.39 is 0 Å². The molecule has 3 aromatic heterocycles. The van der Waals surface area contributed by atoms with Crippen molar-refractivity contribution in [1.82, 2.24) is 9.13 Å². The first-order valence-electron chi connectivity index (χ1n) is 33.1. The van der Waals surface area contributed by atoms with E-state index in [2.05, 4.69) is 365 Å². The van der Waals surface area contributed by atoms with Gasteiger partial charge in [0, 0.05) is 87.2 Å². The van der Waals surface area contributed by atoms with Crippen LogP contribution in [0.4, 0.5) is 34.1 Å². The summed E-state index contributed by atoms with van der Waals surface area (Å²) >= 11 is 1.87. The Bertz CT molecular complexity index is 5710. The maximum Gasteiger partial charge on any atom is 0.252 e. The van der Waals surface area contributed by atoms with E-state index in [1.165, 1.54) is 69.1 Å². The number of anilines is 6. The third-order valence-corrected chi connectivity index (χ3v) is 21.3. The summed E-state index contributed by atoms with van der Waals surface area (Å²) in [6, 6.07) is 130. The van der Waals surface area contributed by atoms with Gasteiger partial charge in [-0.05, 0) is 187 Å². The van der Waals surface area contributed by atoms with Crippen molar-refractivity contribution in [2.45, 2.75) is 0 Å². The van der Waals surface area contributed by atoms with Gasteiger partial charge >= 0.3 is 0 Å². The minimum absolute atomic E-state index is 0.242. The Morgan fingerprint density at radius 3 is 1.01 bits per heavy atom. The van der Waals surface area contributed by atoms with Gasteiger partial charge in [-0.1, -0.05) is 231 Å². The van der Waals surface area contributed by atoms with E-state index in [-0.39, 0.29) is 6.71 Å². The molecule has 15 aromatic carbocycles. The first-order valence-corrected chi connectivity index (χ1v) is 33.9. The lowest BCUT2D eigenvalue weighted by Gasteiger charge is -2.45. The number of nitrogens with zero attached hydrogens (tertiary/aromatic N) is 4. The molecule has 0 aliphatic carbocycles. The summed E-state index contributed by atoms with van der Waals surface area (Å²) in [7, 11) is 0. The molecular formula is C90H57BN4S. The van der Waals surface area contributed by atoms with E-state index >= 15 is 0 Å². The van der Waals surface area contributed by atoms with Crippen LogP contribution in [0.1, 0.15) is 0 Å². The van der Waals surface area contributed by atoms with Gasteiger partial charge in [-0.3, -0.25) is 0 Å². The molecule has 0 radical (unpaired) electrons. The fourth-order valence-electron chi connectivity index (χ4n) is 15.9. The normalized spacial score (nSPS) is 12.5. The molecule has 0 fully saturated rings. The Morgan fingerprint density at radius 1 is 0.208 bits per heavy atom. The zero-order valence-electron chi connectivity index (χ0n) is 52.2. The summed E-state index contributed by atoms with van der Waals surface area (Å²) in [4.78, 5) is 5.30. The number of thiophene rings is 1. The number of rotatable bonds is 9. The highest BCUT2D eigenvalue weighted by molar-refractivity contribution is 7.25. The van der Waals surface area contributed by atoms with Crippen LogP contribution in [0.25, 0.3) is 131 Å². The van der Waals surface area contributed by atoms with Gasteiger partial charge in [-0.2, -0.15) is 0 Å². The molecular weight excluding hydrogens is 1180 g/mol. The van der Waals surface area contributed by atoms with Crippen LogP contribution < -0.4 is 26.2 Å². The molecule has 20 rings (SSSR count).